The molecule has 5 nitrogen and oxygen atoms in total. The number of likely N-dealkylation sites (N-methyl/N-ethyl adjacent to an activating group) is 1. The first kappa shape index (κ1) is 19.2. The zero-order valence-electron chi connectivity index (χ0n) is 15.4. The molecule has 1 amide bonds. The summed E-state index contributed by atoms with van der Waals surface area (Å²) in [6.07, 6.45) is 5.93. The smallest absolute Gasteiger partial charge is 0.241 e. The highest BCUT2D eigenvalue weighted by molar-refractivity contribution is 5.86. The first-order valence-corrected chi connectivity index (χ1v) is 8.95. The molecule has 1 aromatic rings. The van der Waals surface area contributed by atoms with Crippen molar-refractivity contribution in [2.24, 2.45) is 4.99 Å². The number of rotatable bonds is 5. The maximum absolute atomic E-state index is 13.7. The second-order valence-electron chi connectivity index (χ2n) is 6.87. The van der Waals surface area contributed by atoms with E-state index < -0.39 is 0 Å². The van der Waals surface area contributed by atoms with E-state index >= 15 is 0 Å². The molecular formula is C19H29FN4O. The number of hydrogen-bond donors (Lipinski definition) is 2. The number of benzene rings is 1. The van der Waals surface area contributed by atoms with Crippen LogP contribution in [0.5, 0.6) is 0 Å². The first-order chi connectivity index (χ1) is 12.0. The third kappa shape index (κ3) is 6.36. The van der Waals surface area contributed by atoms with Gasteiger partial charge in [0, 0.05) is 20.1 Å². The summed E-state index contributed by atoms with van der Waals surface area (Å²) in [4.78, 5) is 17.9. The molecule has 0 unspecified atom stereocenters. The number of nitrogens with one attached hydrogen (secondary N) is 2. The lowest BCUT2D eigenvalue weighted by Gasteiger charge is -2.25. The minimum atomic E-state index is -0.217. The Kier molecular flexibility index (Phi) is 7.22. The molecule has 0 spiro atoms. The monoisotopic (exact) mass is 348 g/mol. The summed E-state index contributed by atoms with van der Waals surface area (Å²) in [7, 11) is 3.45. The van der Waals surface area contributed by atoms with Crippen LogP contribution in [-0.2, 0) is 11.3 Å². The number of aliphatic imine (C=N–C) groups is 1. The van der Waals surface area contributed by atoms with Crippen molar-refractivity contribution >= 4 is 11.9 Å². The molecule has 2 rings (SSSR count). The fraction of sp³-hybridized carbons (Fsp3) is 0.579. The van der Waals surface area contributed by atoms with Crippen molar-refractivity contribution in [3.05, 3.63) is 35.1 Å². The van der Waals surface area contributed by atoms with Gasteiger partial charge in [-0.05, 0) is 37.0 Å². The minimum absolute atomic E-state index is 0.0143. The van der Waals surface area contributed by atoms with Crippen molar-refractivity contribution in [2.75, 3.05) is 20.6 Å². The molecule has 1 fully saturated rings. The maximum atomic E-state index is 13.7. The van der Waals surface area contributed by atoms with E-state index in [1.807, 2.05) is 6.07 Å². The molecule has 0 bridgehead atoms. The molecule has 2 N–H and O–H groups in total. The average Bonchev–Trinajstić information content (AvgIpc) is 2.60. The number of halogens is 1. The quantitative estimate of drug-likeness (QED) is 0.635. The highest BCUT2D eigenvalue weighted by Crippen LogP contribution is 2.17. The summed E-state index contributed by atoms with van der Waals surface area (Å²) in [6.45, 7) is 2.30. The number of amides is 1. The van der Waals surface area contributed by atoms with Crippen LogP contribution in [0.15, 0.2) is 23.2 Å². The Morgan fingerprint density at radius 1 is 1.28 bits per heavy atom. The molecular weight excluding hydrogens is 319 g/mol. The third-order valence-electron chi connectivity index (χ3n) is 4.51. The summed E-state index contributed by atoms with van der Waals surface area (Å²) >= 11 is 0. The Bertz CT molecular complexity index is 609. The number of hydrogen-bond acceptors (Lipinski definition) is 2. The highest BCUT2D eigenvalue weighted by Gasteiger charge is 2.15. The largest absolute Gasteiger partial charge is 0.354 e. The zero-order valence-corrected chi connectivity index (χ0v) is 15.4. The molecule has 0 aromatic heterocycles. The SMILES string of the molecule is Cc1ccc(CN=C(NCC(=O)N(C)C)NC2CCCCC2)cc1F. The van der Waals surface area contributed by atoms with Crippen LogP contribution in [0.4, 0.5) is 4.39 Å². The lowest BCUT2D eigenvalue weighted by atomic mass is 9.96. The van der Waals surface area contributed by atoms with Gasteiger partial charge in [0.1, 0.15) is 5.82 Å². The van der Waals surface area contributed by atoms with Crippen LogP contribution in [0.3, 0.4) is 0 Å². The molecule has 1 saturated carbocycles. The Hall–Kier alpha value is -2.11. The normalized spacial score (nSPS) is 15.8. The molecule has 25 heavy (non-hydrogen) atoms. The molecule has 0 radical (unpaired) electrons. The van der Waals surface area contributed by atoms with Crippen molar-refractivity contribution in [2.45, 2.75) is 51.6 Å². The predicted octanol–water partition coefficient (Wildman–Crippen LogP) is 2.59. The van der Waals surface area contributed by atoms with Crippen LogP contribution < -0.4 is 10.6 Å². The second kappa shape index (κ2) is 9.39. The Morgan fingerprint density at radius 2 is 2.00 bits per heavy atom. The molecule has 1 aliphatic rings. The molecule has 6 heteroatoms. The van der Waals surface area contributed by atoms with Gasteiger partial charge in [-0.3, -0.25) is 4.79 Å². The molecule has 1 aromatic carbocycles. The summed E-state index contributed by atoms with van der Waals surface area (Å²) in [5.41, 5.74) is 1.44. The number of guanidine groups is 1. The fourth-order valence-electron chi connectivity index (χ4n) is 2.82. The lowest BCUT2D eigenvalue weighted by Crippen LogP contribution is -2.47. The van der Waals surface area contributed by atoms with E-state index in [1.54, 1.807) is 32.0 Å². The van der Waals surface area contributed by atoms with E-state index in [0.717, 1.165) is 18.4 Å². The first-order valence-electron chi connectivity index (χ1n) is 8.95. The Morgan fingerprint density at radius 3 is 2.64 bits per heavy atom. The lowest BCUT2D eigenvalue weighted by molar-refractivity contribution is -0.127. The van der Waals surface area contributed by atoms with Gasteiger partial charge in [0.25, 0.3) is 0 Å². The van der Waals surface area contributed by atoms with E-state index in [4.69, 9.17) is 0 Å². The van der Waals surface area contributed by atoms with Crippen molar-refractivity contribution in [3.63, 3.8) is 0 Å². The third-order valence-corrected chi connectivity index (χ3v) is 4.51. The zero-order chi connectivity index (χ0) is 18.2. The van der Waals surface area contributed by atoms with E-state index in [0.29, 0.717) is 24.1 Å². The van der Waals surface area contributed by atoms with E-state index in [1.165, 1.54) is 25.3 Å². The summed E-state index contributed by atoms with van der Waals surface area (Å²) in [5.74, 6) is 0.382. The van der Waals surface area contributed by atoms with Gasteiger partial charge in [0.05, 0.1) is 13.1 Å². The van der Waals surface area contributed by atoms with Crippen LogP contribution in [0, 0.1) is 12.7 Å². The summed E-state index contributed by atoms with van der Waals surface area (Å²) < 4.78 is 13.7. The van der Waals surface area contributed by atoms with Gasteiger partial charge in [0.15, 0.2) is 5.96 Å². The van der Waals surface area contributed by atoms with Crippen LogP contribution in [0.2, 0.25) is 0 Å². The van der Waals surface area contributed by atoms with Crippen molar-refractivity contribution in [1.29, 1.82) is 0 Å². The van der Waals surface area contributed by atoms with Gasteiger partial charge in [-0.15, -0.1) is 0 Å². The molecule has 0 atom stereocenters. The van der Waals surface area contributed by atoms with E-state index in [2.05, 4.69) is 15.6 Å². The van der Waals surface area contributed by atoms with Crippen molar-refractivity contribution < 1.29 is 9.18 Å². The molecule has 1 aliphatic carbocycles. The second-order valence-corrected chi connectivity index (χ2v) is 6.87. The van der Waals surface area contributed by atoms with Gasteiger partial charge >= 0.3 is 0 Å². The molecule has 0 saturated heterocycles. The fourth-order valence-corrected chi connectivity index (χ4v) is 2.82. The van der Waals surface area contributed by atoms with Gasteiger partial charge in [-0.1, -0.05) is 31.4 Å². The maximum Gasteiger partial charge on any atom is 0.241 e. The van der Waals surface area contributed by atoms with Crippen LogP contribution in [0.1, 0.15) is 43.2 Å². The summed E-state index contributed by atoms with van der Waals surface area (Å²) in [6, 6.07) is 5.54. The standard InChI is InChI=1S/C19H29FN4O/c1-14-9-10-15(11-17(14)20)12-21-19(22-13-18(25)24(2)3)23-16-7-5-4-6-8-16/h9-11,16H,4-8,12-13H2,1-3H3,(H2,21,22,23). The van der Waals surface area contributed by atoms with Gasteiger partial charge in [-0.2, -0.15) is 0 Å². The number of nitrogens with zero attached hydrogens (tertiary/aromatic N) is 2. The average molecular weight is 348 g/mol. The molecule has 138 valence electrons. The highest BCUT2D eigenvalue weighted by atomic mass is 19.1. The number of carbonyl (C=O) groups is 1. The Labute approximate surface area is 149 Å². The van der Waals surface area contributed by atoms with E-state index in [9.17, 15) is 9.18 Å². The van der Waals surface area contributed by atoms with Gasteiger partial charge in [0.2, 0.25) is 5.91 Å². The predicted molar refractivity (Wildman–Crippen MR) is 99.0 cm³/mol. The van der Waals surface area contributed by atoms with Crippen LogP contribution in [-0.4, -0.2) is 43.4 Å². The molecule has 0 heterocycles. The van der Waals surface area contributed by atoms with E-state index in [-0.39, 0.29) is 18.3 Å². The number of aryl methyl sites for hydroxylation is 1. The topological polar surface area (TPSA) is 56.7 Å². The molecule has 0 aliphatic heterocycles. The van der Waals surface area contributed by atoms with Gasteiger partial charge in [-0.25, -0.2) is 9.38 Å². The van der Waals surface area contributed by atoms with Crippen molar-refractivity contribution in [1.82, 2.24) is 15.5 Å². The van der Waals surface area contributed by atoms with Gasteiger partial charge < -0.3 is 15.5 Å². The number of carbonyl (C=O) groups excluding carboxylic acids is 1. The minimum Gasteiger partial charge on any atom is -0.354 e. The van der Waals surface area contributed by atoms with Crippen molar-refractivity contribution in [3.8, 4) is 0 Å². The Balaban J connectivity index is 2.02. The van der Waals surface area contributed by atoms with Crippen LogP contribution >= 0.6 is 0 Å². The van der Waals surface area contributed by atoms with Crippen LogP contribution in [0.25, 0.3) is 0 Å². The summed E-state index contributed by atoms with van der Waals surface area (Å²) in [5, 5.41) is 6.52.